The van der Waals surface area contributed by atoms with Crippen LogP contribution < -0.4 is 4.90 Å². The van der Waals surface area contributed by atoms with Crippen LogP contribution in [0.2, 0.25) is 0 Å². The van der Waals surface area contributed by atoms with Gasteiger partial charge in [-0.25, -0.2) is 4.98 Å². The number of hydrogen-bond acceptors (Lipinski definition) is 5. The van der Waals surface area contributed by atoms with Gasteiger partial charge in [0.2, 0.25) is 0 Å². The van der Waals surface area contributed by atoms with E-state index in [1.165, 1.54) is 23.4 Å². The Morgan fingerprint density at radius 2 is 2.00 bits per heavy atom. The van der Waals surface area contributed by atoms with Gasteiger partial charge in [0, 0.05) is 18.0 Å². The van der Waals surface area contributed by atoms with Gasteiger partial charge in [-0.1, -0.05) is 0 Å². The maximum Gasteiger partial charge on any atom is 0.408 e. The van der Waals surface area contributed by atoms with Crippen LogP contribution in [0.3, 0.4) is 0 Å². The van der Waals surface area contributed by atoms with Gasteiger partial charge in [0.05, 0.1) is 35.4 Å². The molecule has 0 atom stereocenters. The molecule has 1 N–H and O–H groups in total. The molecule has 1 aliphatic heterocycles. The molecule has 150 valence electrons. The van der Waals surface area contributed by atoms with Gasteiger partial charge in [-0.3, -0.25) is 19.4 Å². The normalized spacial score (nSPS) is 13.8. The van der Waals surface area contributed by atoms with Crippen molar-refractivity contribution in [2.45, 2.75) is 26.2 Å². The van der Waals surface area contributed by atoms with E-state index in [4.69, 9.17) is 0 Å². The Balaban J connectivity index is 1.66. The van der Waals surface area contributed by atoms with Crippen LogP contribution in [0.4, 0.5) is 23.2 Å². The number of halogens is 4. The summed E-state index contributed by atoms with van der Waals surface area (Å²) in [6.07, 6.45) is -0.884. The van der Waals surface area contributed by atoms with Gasteiger partial charge >= 0.3 is 6.18 Å². The summed E-state index contributed by atoms with van der Waals surface area (Å²) >= 11 is 0. The standard InChI is InChI=1S/C18H13F4N5O2/c1-9-2-12(10-3-14(28)16(19)23-4-10)25-13-7-27(17(29)15(9)13)11-5-24-26(6-11)8-18(20,21)22/h2-6,28H,7-8H2,1H3. The lowest BCUT2D eigenvalue weighted by molar-refractivity contribution is -0.142. The zero-order chi connectivity index (χ0) is 20.9. The summed E-state index contributed by atoms with van der Waals surface area (Å²) in [5, 5.41) is 13.2. The minimum absolute atomic E-state index is 0.0428. The Kier molecular flexibility index (Phi) is 4.25. The number of pyridine rings is 2. The number of aryl methyl sites for hydroxylation is 1. The van der Waals surface area contributed by atoms with Crippen LogP contribution in [-0.4, -0.2) is 36.9 Å². The first-order valence-electron chi connectivity index (χ1n) is 8.39. The summed E-state index contributed by atoms with van der Waals surface area (Å²) in [6.45, 7) is 0.473. The number of alkyl halides is 3. The number of amides is 1. The number of nitrogens with zero attached hydrogens (tertiary/aromatic N) is 5. The molecule has 29 heavy (non-hydrogen) atoms. The molecule has 3 aromatic rings. The van der Waals surface area contributed by atoms with Gasteiger partial charge in [-0.15, -0.1) is 0 Å². The predicted molar refractivity (Wildman–Crippen MR) is 92.6 cm³/mol. The van der Waals surface area contributed by atoms with Crippen molar-refractivity contribution in [3.63, 3.8) is 0 Å². The van der Waals surface area contributed by atoms with Gasteiger partial charge in [0.25, 0.3) is 11.9 Å². The molecule has 0 bridgehead atoms. The van der Waals surface area contributed by atoms with Crippen LogP contribution in [0.25, 0.3) is 11.3 Å². The second-order valence-electron chi connectivity index (χ2n) is 6.58. The molecule has 1 aliphatic rings. The zero-order valence-corrected chi connectivity index (χ0v) is 14.9. The number of aromatic nitrogens is 4. The molecule has 1 amide bonds. The van der Waals surface area contributed by atoms with E-state index in [0.717, 1.165) is 6.20 Å². The summed E-state index contributed by atoms with van der Waals surface area (Å²) in [4.78, 5) is 21.9. The Labute approximate surface area is 161 Å². The largest absolute Gasteiger partial charge is 0.504 e. The third kappa shape index (κ3) is 3.50. The molecule has 3 aromatic heterocycles. The predicted octanol–water partition coefficient (Wildman–Crippen LogP) is 3.22. The lowest BCUT2D eigenvalue weighted by Crippen LogP contribution is -2.23. The fourth-order valence-corrected chi connectivity index (χ4v) is 3.20. The minimum atomic E-state index is -4.43. The molecule has 0 aliphatic carbocycles. The summed E-state index contributed by atoms with van der Waals surface area (Å²) in [5.74, 6) is -2.04. The highest BCUT2D eigenvalue weighted by Crippen LogP contribution is 2.32. The fourth-order valence-electron chi connectivity index (χ4n) is 3.20. The number of aromatic hydroxyl groups is 1. The van der Waals surface area contributed by atoms with Gasteiger partial charge in [0.1, 0.15) is 6.54 Å². The molecule has 7 nitrogen and oxygen atoms in total. The van der Waals surface area contributed by atoms with Crippen molar-refractivity contribution >= 4 is 11.6 Å². The number of rotatable bonds is 3. The van der Waals surface area contributed by atoms with E-state index in [1.54, 1.807) is 13.0 Å². The first kappa shape index (κ1) is 18.8. The summed E-state index contributed by atoms with van der Waals surface area (Å²) in [7, 11) is 0. The van der Waals surface area contributed by atoms with E-state index in [-0.39, 0.29) is 12.2 Å². The number of fused-ring (bicyclic) bond motifs is 1. The monoisotopic (exact) mass is 407 g/mol. The molecule has 0 aromatic carbocycles. The van der Waals surface area contributed by atoms with Crippen molar-refractivity contribution in [1.82, 2.24) is 19.7 Å². The van der Waals surface area contributed by atoms with Crippen LogP contribution in [0.15, 0.2) is 30.7 Å². The third-order valence-electron chi connectivity index (χ3n) is 4.45. The summed E-state index contributed by atoms with van der Waals surface area (Å²) in [5.41, 5.74) is 2.31. The number of hydrogen-bond donors (Lipinski definition) is 1. The molecule has 0 saturated heterocycles. The van der Waals surface area contributed by atoms with E-state index in [2.05, 4.69) is 15.1 Å². The van der Waals surface area contributed by atoms with Crippen molar-refractivity contribution in [2.75, 3.05) is 4.90 Å². The highest BCUT2D eigenvalue weighted by molar-refractivity contribution is 6.10. The molecule has 0 unspecified atom stereocenters. The van der Waals surface area contributed by atoms with E-state index < -0.39 is 30.3 Å². The maximum absolute atomic E-state index is 13.2. The smallest absolute Gasteiger partial charge is 0.408 e. The summed E-state index contributed by atoms with van der Waals surface area (Å²) in [6, 6.07) is 2.77. The second-order valence-corrected chi connectivity index (χ2v) is 6.58. The fraction of sp³-hybridized carbons (Fsp3) is 0.222. The van der Waals surface area contributed by atoms with Gasteiger partial charge < -0.3 is 5.11 Å². The van der Waals surface area contributed by atoms with Crippen molar-refractivity contribution in [1.29, 1.82) is 0 Å². The van der Waals surface area contributed by atoms with Crippen molar-refractivity contribution in [2.24, 2.45) is 0 Å². The third-order valence-corrected chi connectivity index (χ3v) is 4.45. The molecule has 4 rings (SSSR count). The average Bonchev–Trinajstić information content (AvgIpc) is 3.20. The van der Waals surface area contributed by atoms with Crippen molar-refractivity contribution in [3.8, 4) is 17.0 Å². The van der Waals surface area contributed by atoms with Crippen molar-refractivity contribution in [3.05, 3.63) is 53.5 Å². The van der Waals surface area contributed by atoms with E-state index in [9.17, 15) is 27.5 Å². The maximum atomic E-state index is 13.2. The first-order chi connectivity index (χ1) is 13.6. The van der Waals surface area contributed by atoms with E-state index in [0.29, 0.717) is 32.8 Å². The molecule has 0 saturated carbocycles. The van der Waals surface area contributed by atoms with Crippen LogP contribution in [-0.2, 0) is 13.1 Å². The number of anilines is 1. The topological polar surface area (TPSA) is 84.1 Å². The molecule has 4 heterocycles. The first-order valence-corrected chi connectivity index (χ1v) is 8.39. The Morgan fingerprint density at radius 3 is 2.69 bits per heavy atom. The Morgan fingerprint density at radius 1 is 1.24 bits per heavy atom. The van der Waals surface area contributed by atoms with Crippen LogP contribution in [0.5, 0.6) is 5.75 Å². The van der Waals surface area contributed by atoms with E-state index >= 15 is 0 Å². The lowest BCUT2D eigenvalue weighted by Gasteiger charge is -2.12. The molecule has 11 heteroatoms. The molecule has 0 fully saturated rings. The van der Waals surface area contributed by atoms with Crippen LogP contribution >= 0.6 is 0 Å². The van der Waals surface area contributed by atoms with Gasteiger partial charge in [-0.2, -0.15) is 22.7 Å². The van der Waals surface area contributed by atoms with Crippen LogP contribution in [0, 0.1) is 12.9 Å². The molecule has 0 radical (unpaired) electrons. The zero-order valence-electron chi connectivity index (χ0n) is 14.9. The Bertz CT molecular complexity index is 1130. The average molecular weight is 407 g/mol. The number of carbonyl (C=O) groups is 1. The number of carbonyl (C=O) groups excluding carboxylic acids is 1. The summed E-state index contributed by atoms with van der Waals surface area (Å²) < 4.78 is 51.5. The van der Waals surface area contributed by atoms with Crippen LogP contribution in [0.1, 0.15) is 21.6 Å². The molecular formula is C18H13F4N5O2. The van der Waals surface area contributed by atoms with Crippen molar-refractivity contribution < 1.29 is 27.5 Å². The molecule has 0 spiro atoms. The lowest BCUT2D eigenvalue weighted by atomic mass is 10.1. The Hall–Kier alpha value is -3.50. The van der Waals surface area contributed by atoms with Gasteiger partial charge in [0.15, 0.2) is 5.75 Å². The SMILES string of the molecule is Cc1cc(-c2cnc(F)c(O)c2)nc2c1C(=O)N(c1cnn(CC(F)(F)F)c1)C2. The van der Waals surface area contributed by atoms with E-state index in [1.807, 2.05) is 0 Å². The van der Waals surface area contributed by atoms with Gasteiger partial charge in [-0.05, 0) is 24.6 Å². The highest BCUT2D eigenvalue weighted by Gasteiger charge is 2.34. The quantitative estimate of drug-likeness (QED) is 0.533. The highest BCUT2D eigenvalue weighted by atomic mass is 19.4. The molecular weight excluding hydrogens is 394 g/mol. The second kappa shape index (κ2) is 6.54. The minimum Gasteiger partial charge on any atom is -0.504 e.